The van der Waals surface area contributed by atoms with Gasteiger partial charge in [0.05, 0.1) is 30.0 Å². The van der Waals surface area contributed by atoms with E-state index in [-0.39, 0.29) is 30.7 Å². The number of hydrogen-bond acceptors (Lipinski definition) is 6. The molecule has 4 aliphatic heterocycles. The van der Waals surface area contributed by atoms with E-state index in [4.69, 9.17) is 24.5 Å². The van der Waals surface area contributed by atoms with Crippen molar-refractivity contribution < 1.29 is 23.6 Å². The number of nitrogens with two attached hydrogens (primary N) is 1. The van der Waals surface area contributed by atoms with Crippen molar-refractivity contribution >= 4 is 18.5 Å². The first-order valence-electron chi connectivity index (χ1n) is 12.9. The number of carbonyl (C=O) groups is 1. The van der Waals surface area contributed by atoms with Gasteiger partial charge < -0.3 is 29.4 Å². The molecule has 3 fully saturated rings. The molecule has 186 valence electrons. The van der Waals surface area contributed by atoms with Gasteiger partial charge in [0.15, 0.2) is 6.61 Å². The van der Waals surface area contributed by atoms with E-state index < -0.39 is 18.3 Å². The molecule has 1 saturated carbocycles. The van der Waals surface area contributed by atoms with Crippen LogP contribution in [-0.4, -0.2) is 67.1 Å². The number of ether oxygens (including phenoxy) is 2. The lowest BCUT2D eigenvalue weighted by molar-refractivity contribution is -0.140. The van der Waals surface area contributed by atoms with Crippen molar-refractivity contribution in [2.45, 2.75) is 102 Å². The summed E-state index contributed by atoms with van der Waals surface area (Å²) in [6.45, 7) is 9.52. The minimum absolute atomic E-state index is 0.0161. The second-order valence-electron chi connectivity index (χ2n) is 11.4. The predicted octanol–water partition coefficient (Wildman–Crippen LogP) is 2.74. The van der Waals surface area contributed by atoms with Crippen LogP contribution in [0.5, 0.6) is 5.75 Å². The van der Waals surface area contributed by atoms with Gasteiger partial charge in [-0.15, -0.1) is 0 Å². The van der Waals surface area contributed by atoms with Crippen LogP contribution < -0.4 is 15.9 Å². The van der Waals surface area contributed by atoms with E-state index in [9.17, 15) is 4.79 Å². The molecule has 2 bridgehead atoms. The van der Waals surface area contributed by atoms with E-state index in [1.54, 1.807) is 0 Å². The highest BCUT2D eigenvalue weighted by Gasteiger charge is 2.52. The Bertz CT molecular complexity index is 898. The summed E-state index contributed by atoms with van der Waals surface area (Å²) >= 11 is 0. The minimum atomic E-state index is -0.420. The molecule has 34 heavy (non-hydrogen) atoms. The number of benzene rings is 1. The normalized spacial score (nSPS) is 33.3. The molecule has 1 aromatic carbocycles. The lowest BCUT2D eigenvalue weighted by atomic mass is 9.75. The molecule has 2 saturated heterocycles. The average molecular weight is 470 g/mol. The zero-order valence-corrected chi connectivity index (χ0v) is 21.0. The van der Waals surface area contributed by atoms with Gasteiger partial charge in [0.25, 0.3) is 5.91 Å². The molecule has 0 unspecified atom stereocenters. The Hall–Kier alpha value is -1.61. The summed E-state index contributed by atoms with van der Waals surface area (Å²) < 4.78 is 25.1. The second-order valence-corrected chi connectivity index (χ2v) is 11.4. The SMILES string of the molecule is CC1(C)OB(c2ccc3c(c2)[C@H]2CC[C@H](CC2)OC[C@H]2[C@@H](N)CCCN2C(=O)CO3)OC1(C)C. The van der Waals surface area contributed by atoms with Crippen molar-refractivity contribution in [3.63, 3.8) is 0 Å². The first kappa shape index (κ1) is 24.1. The van der Waals surface area contributed by atoms with Crippen molar-refractivity contribution in [1.29, 1.82) is 0 Å². The maximum absolute atomic E-state index is 13.2. The first-order valence-corrected chi connectivity index (χ1v) is 12.9. The monoisotopic (exact) mass is 470 g/mol. The van der Waals surface area contributed by atoms with Crippen molar-refractivity contribution in [2.24, 2.45) is 5.73 Å². The molecule has 2 atom stereocenters. The van der Waals surface area contributed by atoms with Gasteiger partial charge in [0.2, 0.25) is 0 Å². The maximum atomic E-state index is 13.2. The van der Waals surface area contributed by atoms with E-state index in [0.717, 1.165) is 55.3 Å². The summed E-state index contributed by atoms with van der Waals surface area (Å²) in [4.78, 5) is 15.0. The Kier molecular flexibility index (Phi) is 6.47. The van der Waals surface area contributed by atoms with Gasteiger partial charge in [-0.25, -0.2) is 0 Å². The van der Waals surface area contributed by atoms with Crippen LogP contribution in [0.25, 0.3) is 0 Å². The highest BCUT2D eigenvalue weighted by atomic mass is 16.7. The lowest BCUT2D eigenvalue weighted by Crippen LogP contribution is -2.57. The Labute approximate surface area is 203 Å². The molecule has 1 amide bonds. The van der Waals surface area contributed by atoms with Crippen LogP contribution in [0.3, 0.4) is 0 Å². The lowest BCUT2D eigenvalue weighted by Gasteiger charge is -2.40. The van der Waals surface area contributed by atoms with E-state index >= 15 is 0 Å². The van der Waals surface area contributed by atoms with Crippen LogP contribution in [0.1, 0.15) is 77.7 Å². The van der Waals surface area contributed by atoms with Gasteiger partial charge >= 0.3 is 7.12 Å². The maximum Gasteiger partial charge on any atom is 0.494 e. The standard InChI is InChI=1S/C26H39BN2O5/c1-25(2)26(3,4)34-27(33-25)18-9-12-23-20(14-18)17-7-10-19(11-8-17)31-15-22-21(28)6-5-13-29(22)24(30)16-32-23/h9,12,14,17,19,21-22H,5-8,10-11,13,15-16,28H2,1-4H3/t17-,19+,21-,22-/m0/s1. The fourth-order valence-electron chi connectivity index (χ4n) is 5.75. The van der Waals surface area contributed by atoms with Crippen LogP contribution in [0.4, 0.5) is 0 Å². The third kappa shape index (κ3) is 4.50. The number of hydrogen-bond donors (Lipinski definition) is 1. The highest BCUT2D eigenvalue weighted by Crippen LogP contribution is 2.40. The molecule has 0 spiro atoms. The second kappa shape index (κ2) is 9.12. The molecular formula is C26H39BN2O5. The summed E-state index contributed by atoms with van der Waals surface area (Å²) in [6.07, 6.45) is 6.13. The number of carbonyl (C=O) groups excluding carboxylic acids is 1. The van der Waals surface area contributed by atoms with Gasteiger partial charge in [-0.1, -0.05) is 12.1 Å². The molecule has 5 aliphatic rings. The number of fused-ring (bicyclic) bond motifs is 5. The van der Waals surface area contributed by atoms with Crippen LogP contribution >= 0.6 is 0 Å². The number of nitrogens with zero attached hydrogens (tertiary/aromatic N) is 1. The van der Waals surface area contributed by atoms with Gasteiger partial charge in [0, 0.05) is 12.6 Å². The zero-order chi connectivity index (χ0) is 24.1. The van der Waals surface area contributed by atoms with Crippen LogP contribution in [-0.2, 0) is 18.8 Å². The molecule has 0 aromatic heterocycles. The Morgan fingerprint density at radius 2 is 1.74 bits per heavy atom. The van der Waals surface area contributed by atoms with Crippen LogP contribution in [0.15, 0.2) is 18.2 Å². The minimum Gasteiger partial charge on any atom is -0.483 e. The summed E-state index contributed by atoms with van der Waals surface area (Å²) in [5.41, 5.74) is 7.77. The van der Waals surface area contributed by atoms with Gasteiger partial charge in [-0.05, 0) is 89.2 Å². The third-order valence-corrected chi connectivity index (χ3v) is 8.68. The Balaban J connectivity index is 1.43. The van der Waals surface area contributed by atoms with E-state index in [0.29, 0.717) is 19.1 Å². The molecule has 7 nitrogen and oxygen atoms in total. The average Bonchev–Trinajstić information content (AvgIpc) is 3.03. The molecule has 1 aromatic rings. The Morgan fingerprint density at radius 3 is 2.44 bits per heavy atom. The van der Waals surface area contributed by atoms with Crippen molar-refractivity contribution in [1.82, 2.24) is 4.90 Å². The van der Waals surface area contributed by atoms with E-state index in [1.807, 2.05) is 17.0 Å². The molecule has 0 radical (unpaired) electrons. The molecule has 1 aliphatic carbocycles. The van der Waals surface area contributed by atoms with Gasteiger partial charge in [-0.2, -0.15) is 0 Å². The molecule has 2 N–H and O–H groups in total. The van der Waals surface area contributed by atoms with Crippen molar-refractivity contribution in [3.8, 4) is 5.75 Å². The Morgan fingerprint density at radius 1 is 1.03 bits per heavy atom. The van der Waals surface area contributed by atoms with Crippen molar-refractivity contribution in [3.05, 3.63) is 23.8 Å². The van der Waals surface area contributed by atoms with Gasteiger partial charge in [-0.3, -0.25) is 4.79 Å². The fraction of sp³-hybridized carbons (Fsp3) is 0.731. The number of piperidine rings is 1. The smallest absolute Gasteiger partial charge is 0.483 e. The molecule has 8 heteroatoms. The van der Waals surface area contributed by atoms with E-state index in [1.165, 1.54) is 0 Å². The third-order valence-electron chi connectivity index (χ3n) is 8.68. The van der Waals surface area contributed by atoms with Crippen LogP contribution in [0, 0.1) is 0 Å². The van der Waals surface area contributed by atoms with E-state index in [2.05, 4.69) is 33.8 Å². The number of amides is 1. The largest absolute Gasteiger partial charge is 0.494 e. The summed E-state index contributed by atoms with van der Waals surface area (Å²) in [6, 6.07) is 6.05. The first-order chi connectivity index (χ1) is 16.1. The molecule has 6 rings (SSSR count). The zero-order valence-electron chi connectivity index (χ0n) is 21.0. The molecular weight excluding hydrogens is 431 g/mol. The summed E-state index contributed by atoms with van der Waals surface area (Å²) in [5.74, 6) is 1.13. The quantitative estimate of drug-likeness (QED) is 0.636. The fourth-order valence-corrected chi connectivity index (χ4v) is 5.75. The van der Waals surface area contributed by atoms with Crippen LogP contribution in [0.2, 0.25) is 0 Å². The van der Waals surface area contributed by atoms with Crippen molar-refractivity contribution in [2.75, 3.05) is 19.8 Å². The topological polar surface area (TPSA) is 83.3 Å². The van der Waals surface area contributed by atoms with Gasteiger partial charge in [0.1, 0.15) is 5.75 Å². The number of rotatable bonds is 1. The summed E-state index contributed by atoms with van der Waals surface area (Å²) in [7, 11) is -0.420. The summed E-state index contributed by atoms with van der Waals surface area (Å²) in [5, 5.41) is 0. The molecule has 4 heterocycles. The highest BCUT2D eigenvalue weighted by molar-refractivity contribution is 6.62. The predicted molar refractivity (Wildman–Crippen MR) is 131 cm³/mol.